The van der Waals surface area contributed by atoms with Crippen LogP contribution in [0.4, 0.5) is 0 Å². The maximum absolute atomic E-state index is 12.7. The minimum absolute atomic E-state index is 0.103. The van der Waals surface area contributed by atoms with E-state index < -0.39 is 0 Å². The van der Waals surface area contributed by atoms with E-state index in [0.717, 1.165) is 5.56 Å². The maximum atomic E-state index is 12.7. The molecular formula is C20H24ClNO3. The van der Waals surface area contributed by atoms with Crippen LogP contribution < -0.4 is 9.47 Å². The van der Waals surface area contributed by atoms with Gasteiger partial charge < -0.3 is 14.4 Å². The molecule has 0 spiro atoms. The van der Waals surface area contributed by atoms with Gasteiger partial charge in [-0.25, -0.2) is 0 Å². The van der Waals surface area contributed by atoms with Gasteiger partial charge in [0.25, 0.3) is 5.91 Å². The van der Waals surface area contributed by atoms with Crippen molar-refractivity contribution in [3.63, 3.8) is 0 Å². The van der Waals surface area contributed by atoms with Crippen LogP contribution in [0.3, 0.4) is 0 Å². The average Bonchev–Trinajstić information content (AvgIpc) is 2.61. The van der Waals surface area contributed by atoms with Gasteiger partial charge in [0.05, 0.1) is 13.7 Å². The molecule has 0 aliphatic heterocycles. The zero-order chi connectivity index (χ0) is 18.4. The summed E-state index contributed by atoms with van der Waals surface area (Å²) in [5.41, 5.74) is 1.45. The largest absolute Gasteiger partial charge is 0.493 e. The number of amides is 1. The first-order valence-electron chi connectivity index (χ1n) is 8.22. The number of ether oxygens (including phenoxy) is 2. The second kappa shape index (κ2) is 8.77. The average molecular weight is 362 g/mol. The van der Waals surface area contributed by atoms with Gasteiger partial charge in [-0.05, 0) is 35.7 Å². The van der Waals surface area contributed by atoms with Gasteiger partial charge >= 0.3 is 0 Å². The third-order valence-electron chi connectivity index (χ3n) is 3.69. The molecule has 2 aromatic rings. The van der Waals surface area contributed by atoms with Crippen molar-refractivity contribution in [1.82, 2.24) is 4.90 Å². The van der Waals surface area contributed by atoms with Crippen LogP contribution in [0.1, 0.15) is 29.8 Å². The Bertz CT molecular complexity index is 731. The quantitative estimate of drug-likeness (QED) is 0.720. The molecule has 134 valence electrons. The molecule has 0 fully saturated rings. The number of hydrogen-bond acceptors (Lipinski definition) is 3. The lowest BCUT2D eigenvalue weighted by Crippen LogP contribution is -2.26. The number of halogens is 1. The summed E-state index contributed by atoms with van der Waals surface area (Å²) in [5, 5.41) is 0.650. The Morgan fingerprint density at radius 1 is 1.16 bits per heavy atom. The second-order valence-electron chi connectivity index (χ2n) is 6.32. The van der Waals surface area contributed by atoms with Gasteiger partial charge in [0.15, 0.2) is 11.5 Å². The number of nitrogens with zero attached hydrogens (tertiary/aromatic N) is 1. The van der Waals surface area contributed by atoms with Gasteiger partial charge in [-0.1, -0.05) is 43.6 Å². The minimum Gasteiger partial charge on any atom is -0.493 e. The number of rotatable bonds is 7. The van der Waals surface area contributed by atoms with E-state index in [-0.39, 0.29) is 5.91 Å². The van der Waals surface area contributed by atoms with E-state index in [9.17, 15) is 4.79 Å². The molecule has 0 bridgehead atoms. The number of methoxy groups -OCH3 is 1. The van der Waals surface area contributed by atoms with E-state index in [1.165, 1.54) is 0 Å². The van der Waals surface area contributed by atoms with Gasteiger partial charge in [0, 0.05) is 24.2 Å². The summed E-state index contributed by atoms with van der Waals surface area (Å²) in [4.78, 5) is 14.3. The zero-order valence-electron chi connectivity index (χ0n) is 15.1. The van der Waals surface area contributed by atoms with Gasteiger partial charge in [0.2, 0.25) is 0 Å². The number of carbonyl (C=O) groups excluding carboxylic acids is 1. The smallest absolute Gasteiger partial charge is 0.254 e. The van der Waals surface area contributed by atoms with Crippen LogP contribution in [0, 0.1) is 5.92 Å². The summed E-state index contributed by atoms with van der Waals surface area (Å²) in [6.45, 7) is 5.19. The molecular weight excluding hydrogens is 338 g/mol. The van der Waals surface area contributed by atoms with Crippen LogP contribution in [-0.2, 0) is 6.54 Å². The molecule has 4 nitrogen and oxygen atoms in total. The molecule has 0 aromatic heterocycles. The highest BCUT2D eigenvalue weighted by Gasteiger charge is 2.16. The Kier molecular flexibility index (Phi) is 6.71. The summed E-state index contributed by atoms with van der Waals surface area (Å²) in [7, 11) is 3.32. The lowest BCUT2D eigenvalue weighted by atomic mass is 10.1. The van der Waals surface area contributed by atoms with Crippen molar-refractivity contribution in [3.8, 4) is 11.5 Å². The zero-order valence-corrected chi connectivity index (χ0v) is 15.8. The van der Waals surface area contributed by atoms with Gasteiger partial charge in [-0.3, -0.25) is 4.79 Å². The van der Waals surface area contributed by atoms with Crippen molar-refractivity contribution >= 4 is 17.5 Å². The highest BCUT2D eigenvalue weighted by molar-refractivity contribution is 6.31. The molecule has 0 aliphatic rings. The van der Waals surface area contributed by atoms with E-state index in [4.69, 9.17) is 21.1 Å². The first-order valence-corrected chi connectivity index (χ1v) is 8.60. The van der Waals surface area contributed by atoms with Crippen molar-refractivity contribution in [2.75, 3.05) is 20.8 Å². The van der Waals surface area contributed by atoms with Gasteiger partial charge in [0.1, 0.15) is 0 Å². The highest BCUT2D eigenvalue weighted by Crippen LogP contribution is 2.29. The minimum atomic E-state index is -0.103. The number of carbonyl (C=O) groups is 1. The van der Waals surface area contributed by atoms with E-state index in [0.29, 0.717) is 41.2 Å². The molecule has 0 N–H and O–H groups in total. The van der Waals surface area contributed by atoms with Crippen molar-refractivity contribution in [2.45, 2.75) is 20.4 Å². The summed E-state index contributed by atoms with van der Waals surface area (Å²) in [5.74, 6) is 1.50. The molecule has 1 amide bonds. The Morgan fingerprint density at radius 3 is 2.52 bits per heavy atom. The van der Waals surface area contributed by atoms with Crippen LogP contribution in [0.25, 0.3) is 0 Å². The molecule has 0 unspecified atom stereocenters. The topological polar surface area (TPSA) is 38.8 Å². The van der Waals surface area contributed by atoms with Gasteiger partial charge in [-0.2, -0.15) is 0 Å². The summed E-state index contributed by atoms with van der Waals surface area (Å²) >= 11 is 6.17. The molecule has 25 heavy (non-hydrogen) atoms. The maximum Gasteiger partial charge on any atom is 0.254 e. The van der Waals surface area contributed by atoms with Crippen molar-refractivity contribution < 1.29 is 14.3 Å². The van der Waals surface area contributed by atoms with Crippen LogP contribution in [0.15, 0.2) is 42.5 Å². The van der Waals surface area contributed by atoms with E-state index in [1.807, 2.05) is 24.3 Å². The second-order valence-corrected chi connectivity index (χ2v) is 6.73. The highest BCUT2D eigenvalue weighted by atomic mass is 35.5. The molecule has 0 saturated heterocycles. The van der Waals surface area contributed by atoms with Crippen LogP contribution in [-0.4, -0.2) is 31.6 Å². The Morgan fingerprint density at radius 2 is 1.88 bits per heavy atom. The Balaban J connectivity index is 2.14. The number of benzene rings is 2. The normalized spacial score (nSPS) is 10.6. The summed E-state index contributed by atoms with van der Waals surface area (Å²) in [6, 6.07) is 12.7. The van der Waals surface area contributed by atoms with E-state index >= 15 is 0 Å². The standard InChI is InChI=1S/C20H24ClNO3/c1-14(2)13-25-18-10-9-15(11-19(18)24-4)20(23)22(3)12-16-7-5-6-8-17(16)21/h5-11,14H,12-13H2,1-4H3. The summed E-state index contributed by atoms with van der Waals surface area (Å²) in [6.07, 6.45) is 0. The fourth-order valence-electron chi connectivity index (χ4n) is 2.35. The van der Waals surface area contributed by atoms with Crippen molar-refractivity contribution in [1.29, 1.82) is 0 Å². The van der Waals surface area contributed by atoms with Crippen molar-refractivity contribution in [3.05, 3.63) is 58.6 Å². The third-order valence-corrected chi connectivity index (χ3v) is 4.06. The molecule has 0 heterocycles. The third kappa shape index (κ3) is 5.13. The fourth-order valence-corrected chi connectivity index (χ4v) is 2.55. The lowest BCUT2D eigenvalue weighted by Gasteiger charge is -2.19. The van der Waals surface area contributed by atoms with Gasteiger partial charge in [-0.15, -0.1) is 0 Å². The fraction of sp³-hybridized carbons (Fsp3) is 0.350. The first kappa shape index (κ1) is 19.1. The molecule has 0 saturated carbocycles. The van der Waals surface area contributed by atoms with Crippen LogP contribution in [0.2, 0.25) is 5.02 Å². The Hall–Kier alpha value is -2.20. The molecule has 2 rings (SSSR count). The van der Waals surface area contributed by atoms with Crippen molar-refractivity contribution in [2.24, 2.45) is 5.92 Å². The monoisotopic (exact) mass is 361 g/mol. The van der Waals surface area contributed by atoms with Crippen LogP contribution >= 0.6 is 11.6 Å². The predicted molar refractivity (Wildman–Crippen MR) is 101 cm³/mol. The summed E-state index contributed by atoms with van der Waals surface area (Å²) < 4.78 is 11.1. The van der Waals surface area contributed by atoms with Crippen LogP contribution in [0.5, 0.6) is 11.5 Å². The predicted octanol–water partition coefficient (Wildman–Crippen LogP) is 4.66. The number of hydrogen-bond donors (Lipinski definition) is 0. The molecule has 0 radical (unpaired) electrons. The van der Waals surface area contributed by atoms with E-state index in [2.05, 4.69) is 13.8 Å². The van der Waals surface area contributed by atoms with E-state index in [1.54, 1.807) is 37.3 Å². The molecule has 5 heteroatoms. The lowest BCUT2D eigenvalue weighted by molar-refractivity contribution is 0.0784. The first-order chi connectivity index (χ1) is 11.9. The molecule has 0 atom stereocenters. The Labute approximate surface area is 154 Å². The SMILES string of the molecule is COc1cc(C(=O)N(C)Cc2ccccc2Cl)ccc1OCC(C)C. The molecule has 0 aliphatic carbocycles. The molecule has 2 aromatic carbocycles.